The number of carbonyl (C=O) groups is 1. The minimum atomic E-state index is -1.25. The Hall–Kier alpha value is -3.45. The fourth-order valence-corrected chi connectivity index (χ4v) is 4.98. The average Bonchev–Trinajstić information content (AvgIpc) is 2.97. The van der Waals surface area contributed by atoms with Crippen molar-refractivity contribution < 1.29 is 13.9 Å². The SMILES string of the molecule is CN1C(=O)C2(C[C@](C)(Cc3ccccn3)Oc3ccc(-c4cc(F)cc(Cl)c4)cc32)N=C1N. The summed E-state index contributed by atoms with van der Waals surface area (Å²) >= 11 is 6.07. The maximum absolute atomic E-state index is 14.0. The molecule has 1 aromatic heterocycles. The molecule has 0 saturated heterocycles. The number of aliphatic imine (C=N–C) groups is 1. The van der Waals surface area contributed by atoms with E-state index in [2.05, 4.69) is 9.98 Å². The summed E-state index contributed by atoms with van der Waals surface area (Å²) in [5.41, 5.74) is 6.83. The molecule has 0 saturated carbocycles. The fourth-order valence-electron chi connectivity index (χ4n) is 4.76. The minimum Gasteiger partial charge on any atom is -0.487 e. The van der Waals surface area contributed by atoms with Crippen LogP contribution in [-0.2, 0) is 16.8 Å². The first kappa shape index (κ1) is 21.4. The molecule has 1 unspecified atom stereocenters. The first-order chi connectivity index (χ1) is 15.7. The number of nitrogens with two attached hydrogens (primary N) is 1. The van der Waals surface area contributed by atoms with Crippen LogP contribution in [0.5, 0.6) is 5.75 Å². The van der Waals surface area contributed by atoms with Crippen molar-refractivity contribution in [3.05, 3.63) is 82.9 Å². The largest absolute Gasteiger partial charge is 0.487 e. The van der Waals surface area contributed by atoms with Gasteiger partial charge in [-0.3, -0.25) is 14.7 Å². The van der Waals surface area contributed by atoms with Crippen molar-refractivity contribution in [1.29, 1.82) is 0 Å². The number of amides is 1. The van der Waals surface area contributed by atoms with Crippen molar-refractivity contribution in [2.75, 3.05) is 7.05 Å². The quantitative estimate of drug-likeness (QED) is 0.626. The highest BCUT2D eigenvalue weighted by Crippen LogP contribution is 2.50. The summed E-state index contributed by atoms with van der Waals surface area (Å²) in [4.78, 5) is 24.0. The van der Waals surface area contributed by atoms with Gasteiger partial charge < -0.3 is 10.5 Å². The molecule has 8 heteroatoms. The lowest BCUT2D eigenvalue weighted by Crippen LogP contribution is -2.51. The molecule has 6 nitrogen and oxygen atoms in total. The van der Waals surface area contributed by atoms with Crippen molar-refractivity contribution >= 4 is 23.5 Å². The predicted molar refractivity (Wildman–Crippen MR) is 125 cm³/mol. The van der Waals surface area contributed by atoms with Crippen LogP contribution in [0.25, 0.3) is 11.1 Å². The molecule has 2 aliphatic heterocycles. The zero-order chi connectivity index (χ0) is 23.4. The number of fused-ring (bicyclic) bond motifs is 2. The number of pyridine rings is 1. The molecular weight excluding hydrogens is 443 g/mol. The molecule has 33 heavy (non-hydrogen) atoms. The van der Waals surface area contributed by atoms with Crippen molar-refractivity contribution in [3.63, 3.8) is 0 Å². The van der Waals surface area contributed by atoms with Crippen LogP contribution >= 0.6 is 11.6 Å². The first-order valence-electron chi connectivity index (χ1n) is 10.5. The van der Waals surface area contributed by atoms with Crippen molar-refractivity contribution in [2.24, 2.45) is 10.7 Å². The molecule has 2 aliphatic rings. The molecule has 0 bridgehead atoms. The van der Waals surface area contributed by atoms with Crippen LogP contribution in [0.2, 0.25) is 5.02 Å². The second-order valence-corrected chi connectivity index (χ2v) is 9.23. The molecule has 2 N–H and O–H groups in total. The smallest absolute Gasteiger partial charge is 0.261 e. The molecule has 1 spiro atoms. The van der Waals surface area contributed by atoms with Gasteiger partial charge in [0.05, 0.1) is 0 Å². The highest BCUT2D eigenvalue weighted by atomic mass is 35.5. The third-order valence-electron chi connectivity index (χ3n) is 6.20. The van der Waals surface area contributed by atoms with Crippen LogP contribution in [-0.4, -0.2) is 34.4 Å². The summed E-state index contributed by atoms with van der Waals surface area (Å²) in [6.07, 6.45) is 2.50. The summed E-state index contributed by atoms with van der Waals surface area (Å²) in [7, 11) is 1.61. The van der Waals surface area contributed by atoms with Gasteiger partial charge in [0, 0.05) is 42.4 Å². The second kappa shape index (κ2) is 7.56. The molecule has 0 aliphatic carbocycles. The van der Waals surface area contributed by atoms with Gasteiger partial charge in [0.15, 0.2) is 11.5 Å². The van der Waals surface area contributed by atoms with E-state index in [0.29, 0.717) is 28.9 Å². The number of nitrogens with zero attached hydrogens (tertiary/aromatic N) is 3. The standard InChI is InChI=1S/C25H22ClFN4O2/c1-24(13-19-5-3-4-8-29-19)14-25(22(32)31(2)23(28)30-25)20-11-15(6-7-21(20)33-24)16-9-17(26)12-18(27)10-16/h3-12H,13-14H2,1-2H3,(H2,28,30)/t24-,25?/m0/s1. The Morgan fingerprint density at radius 1 is 1.18 bits per heavy atom. The lowest BCUT2D eigenvalue weighted by atomic mass is 9.74. The van der Waals surface area contributed by atoms with E-state index in [1.54, 1.807) is 25.4 Å². The minimum absolute atomic E-state index is 0.146. The van der Waals surface area contributed by atoms with Gasteiger partial charge in [0.2, 0.25) is 0 Å². The fraction of sp³-hybridized carbons (Fsp3) is 0.240. The number of halogens is 2. The van der Waals surface area contributed by atoms with Crippen LogP contribution in [0.15, 0.2) is 65.8 Å². The molecule has 3 heterocycles. The summed E-state index contributed by atoms with van der Waals surface area (Å²) in [6.45, 7) is 1.95. The molecule has 0 fully saturated rings. The first-order valence-corrected chi connectivity index (χ1v) is 10.9. The van der Waals surface area contributed by atoms with Gasteiger partial charge in [-0.2, -0.15) is 0 Å². The maximum Gasteiger partial charge on any atom is 0.261 e. The molecule has 168 valence electrons. The van der Waals surface area contributed by atoms with Crippen molar-refractivity contribution in [3.8, 4) is 16.9 Å². The van der Waals surface area contributed by atoms with Gasteiger partial charge in [0.1, 0.15) is 17.2 Å². The van der Waals surface area contributed by atoms with E-state index in [1.165, 1.54) is 17.0 Å². The highest BCUT2D eigenvalue weighted by Gasteiger charge is 2.56. The number of likely N-dealkylation sites (N-methyl/N-ethyl adjacent to an activating group) is 1. The van der Waals surface area contributed by atoms with E-state index in [1.807, 2.05) is 37.3 Å². The van der Waals surface area contributed by atoms with Crippen LogP contribution in [0.1, 0.15) is 24.6 Å². The van der Waals surface area contributed by atoms with E-state index in [0.717, 1.165) is 5.69 Å². The third-order valence-corrected chi connectivity index (χ3v) is 6.41. The van der Waals surface area contributed by atoms with Crippen LogP contribution in [0.4, 0.5) is 4.39 Å². The lowest BCUT2D eigenvalue weighted by molar-refractivity contribution is -0.133. The van der Waals surface area contributed by atoms with E-state index >= 15 is 0 Å². The molecule has 0 radical (unpaired) electrons. The third kappa shape index (κ3) is 3.62. The van der Waals surface area contributed by atoms with Gasteiger partial charge >= 0.3 is 0 Å². The summed E-state index contributed by atoms with van der Waals surface area (Å²) in [5, 5.41) is 0.288. The maximum atomic E-state index is 14.0. The monoisotopic (exact) mass is 464 g/mol. The molecule has 2 atom stereocenters. The molecule has 2 aromatic carbocycles. The number of ether oxygens (including phenoxy) is 1. The topological polar surface area (TPSA) is 80.8 Å². The van der Waals surface area contributed by atoms with Crippen molar-refractivity contribution in [2.45, 2.75) is 30.9 Å². The Morgan fingerprint density at radius 3 is 2.67 bits per heavy atom. The average molecular weight is 465 g/mol. The Bertz CT molecular complexity index is 1280. The van der Waals surface area contributed by atoms with Gasteiger partial charge in [-0.1, -0.05) is 23.7 Å². The van der Waals surface area contributed by atoms with Gasteiger partial charge in [-0.15, -0.1) is 0 Å². The zero-order valence-electron chi connectivity index (χ0n) is 18.2. The summed E-state index contributed by atoms with van der Waals surface area (Å²) < 4.78 is 20.5. The van der Waals surface area contributed by atoms with Crippen LogP contribution in [0.3, 0.4) is 0 Å². The highest BCUT2D eigenvalue weighted by molar-refractivity contribution is 6.30. The molecule has 1 amide bonds. The molecular formula is C25H22ClFN4O2. The van der Waals surface area contributed by atoms with Gasteiger partial charge in [-0.25, -0.2) is 9.38 Å². The predicted octanol–water partition coefficient (Wildman–Crippen LogP) is 4.31. The van der Waals surface area contributed by atoms with Crippen molar-refractivity contribution in [1.82, 2.24) is 9.88 Å². The molecule has 3 aromatic rings. The van der Waals surface area contributed by atoms with Gasteiger partial charge in [-0.05, 0) is 60.5 Å². The number of aromatic nitrogens is 1. The summed E-state index contributed by atoms with van der Waals surface area (Å²) in [5.74, 6) is 0.00709. The number of guanidine groups is 1. The second-order valence-electron chi connectivity index (χ2n) is 8.79. The Labute approximate surface area is 195 Å². The number of benzene rings is 2. The number of hydrogen-bond donors (Lipinski definition) is 1. The number of rotatable bonds is 3. The number of hydrogen-bond acceptors (Lipinski definition) is 5. The van der Waals surface area contributed by atoms with E-state index < -0.39 is 17.0 Å². The van der Waals surface area contributed by atoms with Crippen LogP contribution < -0.4 is 10.5 Å². The lowest BCUT2D eigenvalue weighted by Gasteiger charge is -2.43. The Morgan fingerprint density at radius 2 is 2.00 bits per heavy atom. The van der Waals surface area contributed by atoms with Gasteiger partial charge in [0.25, 0.3) is 5.91 Å². The zero-order valence-corrected chi connectivity index (χ0v) is 18.9. The van der Waals surface area contributed by atoms with E-state index in [9.17, 15) is 9.18 Å². The Kier molecular flexibility index (Phi) is 4.90. The van der Waals surface area contributed by atoms with E-state index in [-0.39, 0.29) is 23.3 Å². The van der Waals surface area contributed by atoms with Crippen LogP contribution in [0, 0.1) is 5.82 Å². The summed E-state index contributed by atoms with van der Waals surface area (Å²) in [6, 6.07) is 15.4. The van der Waals surface area contributed by atoms with E-state index in [4.69, 9.17) is 22.1 Å². The normalized spacial score (nSPS) is 23.9. The Balaban J connectivity index is 1.65. The number of carbonyl (C=O) groups excluding carboxylic acids is 1. The molecule has 5 rings (SSSR count).